The maximum absolute atomic E-state index is 4.25. The molecular weight excluding hydrogens is 200 g/mol. The Kier molecular flexibility index (Phi) is 1.93. The molecule has 0 amide bonds. The van der Waals surface area contributed by atoms with Crippen molar-refractivity contribution in [2.75, 3.05) is 0 Å². The molecule has 0 fully saturated rings. The summed E-state index contributed by atoms with van der Waals surface area (Å²) in [6.07, 6.45) is 3.28. The van der Waals surface area contributed by atoms with Gasteiger partial charge in [0.05, 0.1) is 23.1 Å². The molecule has 4 nitrogen and oxygen atoms in total. The van der Waals surface area contributed by atoms with E-state index in [1.807, 2.05) is 31.2 Å². The highest BCUT2D eigenvalue weighted by molar-refractivity contribution is 5.80. The van der Waals surface area contributed by atoms with Crippen LogP contribution >= 0.6 is 0 Å². The van der Waals surface area contributed by atoms with Crippen LogP contribution in [0.4, 0.5) is 0 Å². The van der Waals surface area contributed by atoms with Gasteiger partial charge in [0.25, 0.3) is 0 Å². The first-order valence-corrected chi connectivity index (χ1v) is 5.05. The predicted molar refractivity (Wildman–Crippen MR) is 61.9 cm³/mol. The molecule has 0 spiro atoms. The second-order valence-corrected chi connectivity index (χ2v) is 3.68. The quantitative estimate of drug-likeness (QED) is 0.670. The van der Waals surface area contributed by atoms with Gasteiger partial charge in [-0.2, -0.15) is 0 Å². The highest BCUT2D eigenvalue weighted by Crippen LogP contribution is 2.20. The van der Waals surface area contributed by atoms with Gasteiger partial charge in [0.1, 0.15) is 6.33 Å². The van der Waals surface area contributed by atoms with E-state index in [0.29, 0.717) is 0 Å². The van der Waals surface area contributed by atoms with Gasteiger partial charge in [0.15, 0.2) is 0 Å². The first kappa shape index (κ1) is 9.03. The number of aromatic nitrogens is 4. The molecule has 0 radical (unpaired) electrons. The lowest BCUT2D eigenvalue weighted by Gasteiger charge is -2.00. The molecule has 1 N–H and O–H groups in total. The first-order chi connectivity index (χ1) is 7.83. The monoisotopic (exact) mass is 210 g/mol. The smallest absolute Gasteiger partial charge is 0.116 e. The van der Waals surface area contributed by atoms with E-state index in [9.17, 15) is 0 Å². The van der Waals surface area contributed by atoms with E-state index in [0.717, 1.165) is 28.0 Å². The highest BCUT2D eigenvalue weighted by atomic mass is 14.9. The summed E-state index contributed by atoms with van der Waals surface area (Å²) in [7, 11) is 0. The molecule has 3 rings (SSSR count). The Labute approximate surface area is 92.4 Å². The third-order valence-electron chi connectivity index (χ3n) is 2.52. The summed E-state index contributed by atoms with van der Waals surface area (Å²) < 4.78 is 0. The Balaban J connectivity index is 2.18. The van der Waals surface area contributed by atoms with Crippen LogP contribution in [0.2, 0.25) is 0 Å². The van der Waals surface area contributed by atoms with E-state index in [-0.39, 0.29) is 0 Å². The molecule has 2 aromatic heterocycles. The van der Waals surface area contributed by atoms with Gasteiger partial charge >= 0.3 is 0 Å². The molecule has 78 valence electrons. The number of aromatic amines is 1. The van der Waals surface area contributed by atoms with Crippen LogP contribution in [0.25, 0.3) is 22.3 Å². The number of hydrogen-bond acceptors (Lipinski definition) is 3. The van der Waals surface area contributed by atoms with Gasteiger partial charge in [0, 0.05) is 11.3 Å². The summed E-state index contributed by atoms with van der Waals surface area (Å²) in [4.78, 5) is 15.6. The fourth-order valence-corrected chi connectivity index (χ4v) is 1.70. The summed E-state index contributed by atoms with van der Waals surface area (Å²) in [5.74, 6) is 0. The van der Waals surface area contributed by atoms with Crippen molar-refractivity contribution in [2.45, 2.75) is 6.92 Å². The third kappa shape index (κ3) is 1.44. The number of imidazole rings is 1. The van der Waals surface area contributed by atoms with E-state index in [1.165, 1.54) is 0 Å². The van der Waals surface area contributed by atoms with Crippen LogP contribution in [0.5, 0.6) is 0 Å². The predicted octanol–water partition coefficient (Wildman–Crippen LogP) is 2.33. The van der Waals surface area contributed by atoms with Crippen molar-refractivity contribution in [1.29, 1.82) is 0 Å². The Morgan fingerprint density at radius 2 is 2.00 bits per heavy atom. The van der Waals surface area contributed by atoms with Gasteiger partial charge in [-0.1, -0.05) is 6.07 Å². The minimum absolute atomic E-state index is 0.928. The lowest BCUT2D eigenvalue weighted by atomic mass is 10.1. The molecule has 0 bridgehead atoms. The topological polar surface area (TPSA) is 54.5 Å². The van der Waals surface area contributed by atoms with Gasteiger partial charge in [-0.05, 0) is 25.1 Å². The van der Waals surface area contributed by atoms with Crippen molar-refractivity contribution >= 4 is 11.0 Å². The molecule has 0 unspecified atom stereocenters. The van der Waals surface area contributed by atoms with Crippen molar-refractivity contribution in [1.82, 2.24) is 19.9 Å². The largest absolute Gasteiger partial charge is 0.345 e. The van der Waals surface area contributed by atoms with Crippen LogP contribution in [-0.4, -0.2) is 19.9 Å². The van der Waals surface area contributed by atoms with Crippen LogP contribution in [0.3, 0.4) is 0 Å². The SMILES string of the molecule is Cc1cc(-c2ccc3[nH]cnc3c2)ncn1. The number of hydrogen-bond donors (Lipinski definition) is 1. The number of nitrogens with zero attached hydrogens (tertiary/aromatic N) is 3. The minimum Gasteiger partial charge on any atom is -0.345 e. The zero-order chi connectivity index (χ0) is 11.0. The molecule has 0 aliphatic rings. The van der Waals surface area contributed by atoms with Crippen LogP contribution in [-0.2, 0) is 0 Å². The Morgan fingerprint density at radius 1 is 1.06 bits per heavy atom. The molecule has 3 aromatic rings. The van der Waals surface area contributed by atoms with Gasteiger partial charge in [0.2, 0.25) is 0 Å². The fraction of sp³-hybridized carbons (Fsp3) is 0.0833. The highest BCUT2D eigenvalue weighted by Gasteiger charge is 2.02. The normalized spacial score (nSPS) is 10.8. The summed E-state index contributed by atoms with van der Waals surface area (Å²) in [5, 5.41) is 0. The number of aryl methyl sites for hydroxylation is 1. The molecule has 0 saturated carbocycles. The van der Waals surface area contributed by atoms with Crippen LogP contribution in [0.1, 0.15) is 5.69 Å². The van der Waals surface area contributed by atoms with Crippen molar-refractivity contribution in [3.05, 3.63) is 42.6 Å². The van der Waals surface area contributed by atoms with Crippen molar-refractivity contribution < 1.29 is 0 Å². The van der Waals surface area contributed by atoms with Crippen LogP contribution in [0, 0.1) is 6.92 Å². The van der Waals surface area contributed by atoms with Crippen LogP contribution < -0.4 is 0 Å². The summed E-state index contributed by atoms with van der Waals surface area (Å²) >= 11 is 0. The Bertz CT molecular complexity index is 642. The van der Waals surface area contributed by atoms with Gasteiger partial charge in [-0.25, -0.2) is 15.0 Å². The fourth-order valence-electron chi connectivity index (χ4n) is 1.70. The molecule has 0 aliphatic heterocycles. The maximum Gasteiger partial charge on any atom is 0.116 e. The standard InChI is InChI=1S/C12H10N4/c1-8-4-11(15-6-13-8)9-2-3-10-12(5-9)16-7-14-10/h2-7H,1H3,(H,14,16). The number of rotatable bonds is 1. The number of benzene rings is 1. The van der Waals surface area contributed by atoms with E-state index in [1.54, 1.807) is 12.7 Å². The van der Waals surface area contributed by atoms with Gasteiger partial charge in [-0.15, -0.1) is 0 Å². The lowest BCUT2D eigenvalue weighted by Crippen LogP contribution is -1.87. The number of H-pyrrole nitrogens is 1. The Hall–Kier alpha value is -2.23. The second kappa shape index (κ2) is 3.41. The summed E-state index contributed by atoms with van der Waals surface area (Å²) in [6.45, 7) is 1.96. The van der Waals surface area contributed by atoms with E-state index < -0.39 is 0 Å². The zero-order valence-electron chi connectivity index (χ0n) is 8.81. The second-order valence-electron chi connectivity index (χ2n) is 3.68. The molecule has 0 atom stereocenters. The molecule has 4 heteroatoms. The van der Waals surface area contributed by atoms with Crippen LogP contribution in [0.15, 0.2) is 36.9 Å². The molecule has 1 aromatic carbocycles. The van der Waals surface area contributed by atoms with Crippen molar-refractivity contribution in [3.8, 4) is 11.3 Å². The average Bonchev–Trinajstić information content (AvgIpc) is 2.75. The summed E-state index contributed by atoms with van der Waals surface area (Å²) in [5.41, 5.74) is 4.94. The number of nitrogens with one attached hydrogen (secondary N) is 1. The summed E-state index contributed by atoms with van der Waals surface area (Å²) in [6, 6.07) is 8.03. The number of fused-ring (bicyclic) bond motifs is 1. The molecule has 0 aliphatic carbocycles. The molecular formula is C12H10N4. The first-order valence-electron chi connectivity index (χ1n) is 5.05. The third-order valence-corrected chi connectivity index (χ3v) is 2.52. The van der Waals surface area contributed by atoms with Crippen molar-refractivity contribution in [3.63, 3.8) is 0 Å². The van der Waals surface area contributed by atoms with Crippen molar-refractivity contribution in [2.24, 2.45) is 0 Å². The molecule has 2 heterocycles. The zero-order valence-corrected chi connectivity index (χ0v) is 8.81. The van der Waals surface area contributed by atoms with E-state index in [2.05, 4.69) is 19.9 Å². The Morgan fingerprint density at radius 3 is 2.88 bits per heavy atom. The minimum atomic E-state index is 0.928. The van der Waals surface area contributed by atoms with E-state index in [4.69, 9.17) is 0 Å². The maximum atomic E-state index is 4.25. The lowest BCUT2D eigenvalue weighted by molar-refractivity contribution is 1.11. The van der Waals surface area contributed by atoms with E-state index >= 15 is 0 Å². The molecule has 16 heavy (non-hydrogen) atoms. The average molecular weight is 210 g/mol. The van der Waals surface area contributed by atoms with Gasteiger partial charge < -0.3 is 4.98 Å². The van der Waals surface area contributed by atoms with Gasteiger partial charge in [-0.3, -0.25) is 0 Å². The molecule has 0 saturated heterocycles.